The van der Waals surface area contributed by atoms with E-state index >= 15 is 0 Å². The van der Waals surface area contributed by atoms with Gasteiger partial charge >= 0.3 is 5.97 Å². The molecule has 0 fully saturated rings. The van der Waals surface area contributed by atoms with Crippen LogP contribution in [0, 0.1) is 0 Å². The van der Waals surface area contributed by atoms with Crippen molar-refractivity contribution in [1.29, 1.82) is 0 Å². The number of hydrogen-bond acceptors (Lipinski definition) is 6. The van der Waals surface area contributed by atoms with Gasteiger partial charge in [0.15, 0.2) is 0 Å². The quantitative estimate of drug-likeness (QED) is 0.749. The number of carbonyl (C=O) groups excluding carboxylic acids is 2. The van der Waals surface area contributed by atoms with Crippen LogP contribution in [0.25, 0.3) is 11.4 Å². The number of nitrogens with one attached hydrogen (secondary N) is 1. The zero-order chi connectivity index (χ0) is 20.0. The molecule has 1 amide bonds. The Kier molecular flexibility index (Phi) is 6.71. The van der Waals surface area contributed by atoms with Crippen LogP contribution in [0.2, 0.25) is 0 Å². The predicted octanol–water partition coefficient (Wildman–Crippen LogP) is 3.25. The van der Waals surface area contributed by atoms with Crippen LogP contribution in [0.1, 0.15) is 58.4 Å². The van der Waals surface area contributed by atoms with Crippen molar-refractivity contribution in [1.82, 2.24) is 15.5 Å². The van der Waals surface area contributed by atoms with Gasteiger partial charge in [-0.1, -0.05) is 43.3 Å². The third-order valence-corrected chi connectivity index (χ3v) is 3.72. The molecule has 0 saturated carbocycles. The highest BCUT2D eigenvalue weighted by Crippen LogP contribution is 2.20. The van der Waals surface area contributed by atoms with E-state index in [0.717, 1.165) is 5.56 Å². The second-order valence-electron chi connectivity index (χ2n) is 7.65. The molecule has 7 heteroatoms. The summed E-state index contributed by atoms with van der Waals surface area (Å²) < 4.78 is 10.3. The zero-order valence-electron chi connectivity index (χ0n) is 16.5. The normalized spacial score (nSPS) is 11.5. The molecule has 2 aromatic rings. The number of ether oxygens (including phenoxy) is 1. The van der Waals surface area contributed by atoms with Gasteiger partial charge in [0.05, 0.1) is 0 Å². The van der Waals surface area contributed by atoms with E-state index in [4.69, 9.17) is 9.26 Å². The summed E-state index contributed by atoms with van der Waals surface area (Å²) in [7, 11) is 0. The number of amides is 1. The van der Waals surface area contributed by atoms with Gasteiger partial charge in [0, 0.05) is 18.4 Å². The molecule has 0 atom stereocenters. The molecule has 0 spiro atoms. The summed E-state index contributed by atoms with van der Waals surface area (Å²) in [6.07, 6.45) is 0.452. The molecular weight excluding hydrogens is 346 g/mol. The van der Waals surface area contributed by atoms with Crippen molar-refractivity contribution in [3.63, 3.8) is 0 Å². The van der Waals surface area contributed by atoms with Crippen molar-refractivity contribution < 1.29 is 18.8 Å². The van der Waals surface area contributed by atoms with Crippen molar-refractivity contribution in [2.45, 2.75) is 59.0 Å². The van der Waals surface area contributed by atoms with Crippen LogP contribution in [0.3, 0.4) is 0 Å². The van der Waals surface area contributed by atoms with E-state index < -0.39 is 11.6 Å². The van der Waals surface area contributed by atoms with Crippen LogP contribution in [0.5, 0.6) is 0 Å². The van der Waals surface area contributed by atoms with Gasteiger partial charge in [0.2, 0.25) is 17.6 Å². The Hall–Kier alpha value is -2.70. The Bertz CT molecular complexity index is 773. The van der Waals surface area contributed by atoms with Crippen LogP contribution in [-0.2, 0) is 20.7 Å². The number of aryl methyl sites for hydroxylation is 1. The fraction of sp³-hybridized carbons (Fsp3) is 0.500. The SMILES string of the molecule is CC(C)c1ccc(-c2noc(CCC(=O)NCC(=O)OC(C)(C)C)n2)cc1. The van der Waals surface area contributed by atoms with Gasteiger partial charge in [-0.05, 0) is 32.3 Å². The minimum Gasteiger partial charge on any atom is -0.459 e. The maximum Gasteiger partial charge on any atom is 0.325 e. The molecule has 0 aliphatic rings. The summed E-state index contributed by atoms with van der Waals surface area (Å²) in [5.74, 6) is 0.585. The molecule has 0 radical (unpaired) electrons. The van der Waals surface area contributed by atoms with Gasteiger partial charge in [0.25, 0.3) is 0 Å². The average molecular weight is 373 g/mol. The number of aromatic nitrogens is 2. The zero-order valence-corrected chi connectivity index (χ0v) is 16.5. The maximum absolute atomic E-state index is 11.9. The number of nitrogens with zero attached hydrogens (tertiary/aromatic N) is 2. The highest BCUT2D eigenvalue weighted by Gasteiger charge is 2.17. The summed E-state index contributed by atoms with van der Waals surface area (Å²) in [6, 6.07) is 8.00. The van der Waals surface area contributed by atoms with Gasteiger partial charge in [-0.25, -0.2) is 0 Å². The topological polar surface area (TPSA) is 94.3 Å². The Labute approximate surface area is 159 Å². The molecular formula is C20H27N3O4. The lowest BCUT2D eigenvalue weighted by atomic mass is 10.0. The molecule has 1 aromatic carbocycles. The summed E-state index contributed by atoms with van der Waals surface area (Å²) in [6.45, 7) is 9.43. The second-order valence-corrected chi connectivity index (χ2v) is 7.65. The Morgan fingerprint density at radius 2 is 1.85 bits per heavy atom. The van der Waals surface area contributed by atoms with E-state index in [9.17, 15) is 9.59 Å². The number of benzene rings is 1. The average Bonchev–Trinajstić information content (AvgIpc) is 3.05. The Balaban J connectivity index is 1.82. The van der Waals surface area contributed by atoms with Crippen molar-refractivity contribution in [2.24, 2.45) is 0 Å². The van der Waals surface area contributed by atoms with Crippen molar-refractivity contribution in [2.75, 3.05) is 6.54 Å². The molecule has 1 aromatic heterocycles. The summed E-state index contributed by atoms with van der Waals surface area (Å²) >= 11 is 0. The number of esters is 1. The number of hydrogen-bond donors (Lipinski definition) is 1. The largest absolute Gasteiger partial charge is 0.459 e. The first kappa shape index (κ1) is 20.6. The van der Waals surface area contributed by atoms with Gasteiger partial charge in [-0.3, -0.25) is 9.59 Å². The molecule has 1 heterocycles. The first-order valence-corrected chi connectivity index (χ1v) is 9.05. The molecule has 0 saturated heterocycles. The van der Waals surface area contributed by atoms with Crippen LogP contribution < -0.4 is 5.32 Å². The molecule has 27 heavy (non-hydrogen) atoms. The predicted molar refractivity (Wildman–Crippen MR) is 101 cm³/mol. The fourth-order valence-electron chi connectivity index (χ4n) is 2.35. The first-order valence-electron chi connectivity index (χ1n) is 9.05. The van der Waals surface area contributed by atoms with E-state index in [1.165, 1.54) is 5.56 Å². The molecule has 0 unspecified atom stereocenters. The van der Waals surface area contributed by atoms with Crippen LogP contribution in [-0.4, -0.2) is 34.2 Å². The minimum atomic E-state index is -0.574. The van der Waals surface area contributed by atoms with Gasteiger partial charge in [0.1, 0.15) is 12.1 Å². The summed E-state index contributed by atoms with van der Waals surface area (Å²) in [5.41, 5.74) is 1.53. The van der Waals surface area contributed by atoms with Crippen LogP contribution in [0.15, 0.2) is 28.8 Å². The van der Waals surface area contributed by atoms with Gasteiger partial charge in [-0.15, -0.1) is 0 Å². The van der Waals surface area contributed by atoms with Crippen molar-refractivity contribution in [3.8, 4) is 11.4 Å². The molecule has 146 valence electrons. The smallest absolute Gasteiger partial charge is 0.325 e. The lowest BCUT2D eigenvalue weighted by Gasteiger charge is -2.19. The van der Waals surface area contributed by atoms with E-state index in [1.807, 2.05) is 24.3 Å². The molecule has 0 aliphatic carbocycles. The van der Waals surface area contributed by atoms with Crippen molar-refractivity contribution in [3.05, 3.63) is 35.7 Å². The standard InChI is InChI=1S/C20H27N3O4/c1-13(2)14-6-8-15(9-7-14)19-22-17(27-23-19)11-10-16(24)21-12-18(25)26-20(3,4)5/h6-9,13H,10-12H2,1-5H3,(H,21,24). The van der Waals surface area contributed by atoms with Gasteiger partial charge in [-0.2, -0.15) is 4.98 Å². The van der Waals surface area contributed by atoms with Crippen LogP contribution >= 0.6 is 0 Å². The highest BCUT2D eigenvalue weighted by atomic mass is 16.6. The fourth-order valence-corrected chi connectivity index (χ4v) is 2.35. The lowest BCUT2D eigenvalue weighted by molar-refractivity contribution is -0.154. The maximum atomic E-state index is 11.9. The number of rotatable bonds is 7. The molecule has 7 nitrogen and oxygen atoms in total. The minimum absolute atomic E-state index is 0.150. The molecule has 0 aliphatic heterocycles. The van der Waals surface area contributed by atoms with E-state index in [1.54, 1.807) is 20.8 Å². The highest BCUT2D eigenvalue weighted by molar-refractivity contribution is 5.82. The monoisotopic (exact) mass is 373 g/mol. The molecule has 0 bridgehead atoms. The van der Waals surface area contributed by atoms with E-state index in [2.05, 4.69) is 29.3 Å². The lowest BCUT2D eigenvalue weighted by Crippen LogP contribution is -2.34. The van der Waals surface area contributed by atoms with Crippen molar-refractivity contribution >= 4 is 11.9 Å². The Morgan fingerprint density at radius 1 is 1.19 bits per heavy atom. The van der Waals surface area contributed by atoms with E-state index in [-0.39, 0.29) is 18.9 Å². The second kappa shape index (κ2) is 8.79. The van der Waals surface area contributed by atoms with Gasteiger partial charge < -0.3 is 14.6 Å². The third-order valence-electron chi connectivity index (χ3n) is 3.72. The number of carbonyl (C=O) groups is 2. The third kappa shape index (κ3) is 6.84. The first-order chi connectivity index (χ1) is 12.6. The molecule has 1 N–H and O–H groups in total. The summed E-state index contributed by atoms with van der Waals surface area (Å²) in [5, 5.41) is 6.49. The van der Waals surface area contributed by atoms with Crippen LogP contribution in [0.4, 0.5) is 0 Å². The van der Waals surface area contributed by atoms with E-state index in [0.29, 0.717) is 24.1 Å². The summed E-state index contributed by atoms with van der Waals surface area (Å²) in [4.78, 5) is 27.8. The Morgan fingerprint density at radius 3 is 2.44 bits per heavy atom. The molecule has 2 rings (SSSR count).